The molecule has 3 heterocycles. The van der Waals surface area contributed by atoms with Crippen LogP contribution in [0.5, 0.6) is 0 Å². The van der Waals surface area contributed by atoms with Gasteiger partial charge in [0, 0.05) is 12.6 Å². The van der Waals surface area contributed by atoms with Crippen LogP contribution in [0.25, 0.3) is 0 Å². The molecule has 0 saturated heterocycles. The highest BCUT2D eigenvalue weighted by Gasteiger charge is 2.35. The second kappa shape index (κ2) is 8.28. The average molecular weight is 404 g/mol. The van der Waals surface area contributed by atoms with Crippen LogP contribution in [-0.4, -0.2) is 39.2 Å². The molecule has 1 aliphatic heterocycles. The first-order valence-electron chi connectivity index (χ1n) is 9.47. The summed E-state index contributed by atoms with van der Waals surface area (Å²) in [7, 11) is 0. The third kappa shape index (κ3) is 4.12. The Hall–Kier alpha value is -3.81. The first-order chi connectivity index (χ1) is 14.5. The SMILES string of the molecule is Cc1ccc(C2=NN(C(=O)COC(=O)c3cnc(C)cn3)[C@@H](c3ccco3)C2)cc1. The summed E-state index contributed by atoms with van der Waals surface area (Å²) in [6.45, 7) is 3.31. The van der Waals surface area contributed by atoms with E-state index in [2.05, 4.69) is 15.1 Å². The Morgan fingerprint density at radius 3 is 2.60 bits per heavy atom. The predicted molar refractivity (Wildman–Crippen MR) is 108 cm³/mol. The minimum Gasteiger partial charge on any atom is -0.467 e. The number of furan rings is 1. The summed E-state index contributed by atoms with van der Waals surface area (Å²) in [4.78, 5) is 33.0. The van der Waals surface area contributed by atoms with Crippen molar-refractivity contribution in [3.63, 3.8) is 0 Å². The minimum atomic E-state index is -0.715. The maximum absolute atomic E-state index is 12.8. The van der Waals surface area contributed by atoms with E-state index in [1.165, 1.54) is 17.4 Å². The number of esters is 1. The van der Waals surface area contributed by atoms with Crippen LogP contribution in [-0.2, 0) is 9.53 Å². The number of carbonyl (C=O) groups excluding carboxylic acids is 2. The van der Waals surface area contributed by atoms with Gasteiger partial charge in [0.25, 0.3) is 5.91 Å². The number of benzene rings is 1. The zero-order valence-electron chi connectivity index (χ0n) is 16.6. The number of aryl methyl sites for hydroxylation is 2. The van der Waals surface area contributed by atoms with E-state index in [0.29, 0.717) is 17.9 Å². The summed E-state index contributed by atoms with van der Waals surface area (Å²) < 4.78 is 10.6. The molecule has 30 heavy (non-hydrogen) atoms. The minimum absolute atomic E-state index is 0.0428. The second-order valence-electron chi connectivity index (χ2n) is 7.01. The lowest BCUT2D eigenvalue weighted by Gasteiger charge is -2.19. The van der Waals surface area contributed by atoms with Gasteiger partial charge in [-0.2, -0.15) is 5.10 Å². The Labute approximate surface area is 173 Å². The van der Waals surface area contributed by atoms with E-state index in [4.69, 9.17) is 9.15 Å². The molecule has 1 aromatic carbocycles. The van der Waals surface area contributed by atoms with Crippen LogP contribution >= 0.6 is 0 Å². The van der Waals surface area contributed by atoms with Crippen LogP contribution < -0.4 is 0 Å². The monoisotopic (exact) mass is 404 g/mol. The summed E-state index contributed by atoms with van der Waals surface area (Å²) in [6, 6.07) is 11.1. The highest BCUT2D eigenvalue weighted by atomic mass is 16.5. The number of hydrogen-bond donors (Lipinski definition) is 0. The Morgan fingerprint density at radius 2 is 1.93 bits per heavy atom. The lowest BCUT2D eigenvalue weighted by Crippen LogP contribution is -2.31. The van der Waals surface area contributed by atoms with Crippen LogP contribution in [0, 0.1) is 13.8 Å². The predicted octanol–water partition coefficient (Wildman–Crippen LogP) is 3.22. The number of nitrogens with zero attached hydrogens (tertiary/aromatic N) is 4. The standard InChI is InChI=1S/C22H20N4O4/c1-14-5-7-16(8-6-14)17-10-19(20-4-3-9-29-20)26(25-17)21(27)13-30-22(28)18-12-23-15(2)11-24-18/h3-9,11-12,19H,10,13H2,1-2H3/t19-/m1/s1. The molecule has 0 fully saturated rings. The first kappa shape index (κ1) is 19.5. The molecule has 0 saturated carbocycles. The number of rotatable bonds is 5. The molecular formula is C22H20N4O4. The highest BCUT2D eigenvalue weighted by Crippen LogP contribution is 2.33. The van der Waals surface area contributed by atoms with Crippen LogP contribution in [0.1, 0.15) is 45.5 Å². The van der Waals surface area contributed by atoms with Gasteiger partial charge >= 0.3 is 5.97 Å². The molecule has 3 aromatic rings. The van der Waals surface area contributed by atoms with Crippen molar-refractivity contribution in [2.75, 3.05) is 6.61 Å². The Bertz CT molecular complexity index is 1070. The van der Waals surface area contributed by atoms with E-state index >= 15 is 0 Å². The number of ether oxygens (including phenoxy) is 1. The molecule has 152 valence electrons. The fraction of sp³-hybridized carbons (Fsp3) is 0.227. The van der Waals surface area contributed by atoms with Crippen LogP contribution in [0.4, 0.5) is 0 Å². The third-order valence-electron chi connectivity index (χ3n) is 4.74. The fourth-order valence-electron chi connectivity index (χ4n) is 3.13. The molecule has 0 bridgehead atoms. The molecule has 4 rings (SSSR count). The van der Waals surface area contributed by atoms with Crippen molar-refractivity contribution in [1.29, 1.82) is 0 Å². The smallest absolute Gasteiger partial charge is 0.359 e. The zero-order chi connectivity index (χ0) is 21.1. The molecule has 0 aliphatic carbocycles. The summed E-state index contributed by atoms with van der Waals surface area (Å²) in [6.07, 6.45) is 4.83. The molecule has 1 aliphatic rings. The quantitative estimate of drug-likeness (QED) is 0.606. The molecule has 0 radical (unpaired) electrons. The Balaban J connectivity index is 1.50. The van der Waals surface area contributed by atoms with Gasteiger partial charge in [0.15, 0.2) is 12.3 Å². The number of amides is 1. The normalized spacial score (nSPS) is 15.7. The fourth-order valence-corrected chi connectivity index (χ4v) is 3.13. The van der Waals surface area contributed by atoms with E-state index in [1.54, 1.807) is 25.3 Å². The third-order valence-corrected chi connectivity index (χ3v) is 4.74. The van der Waals surface area contributed by atoms with Gasteiger partial charge in [-0.15, -0.1) is 0 Å². The van der Waals surface area contributed by atoms with Gasteiger partial charge in [0.05, 0.1) is 23.9 Å². The molecule has 8 nitrogen and oxygen atoms in total. The van der Waals surface area contributed by atoms with Crippen molar-refractivity contribution in [3.8, 4) is 0 Å². The molecule has 0 spiro atoms. The van der Waals surface area contributed by atoms with E-state index < -0.39 is 24.5 Å². The van der Waals surface area contributed by atoms with Crippen molar-refractivity contribution in [2.24, 2.45) is 5.10 Å². The van der Waals surface area contributed by atoms with Gasteiger partial charge in [-0.3, -0.25) is 9.78 Å². The van der Waals surface area contributed by atoms with Gasteiger partial charge in [0.1, 0.15) is 11.8 Å². The van der Waals surface area contributed by atoms with E-state index in [-0.39, 0.29) is 5.69 Å². The van der Waals surface area contributed by atoms with Crippen molar-refractivity contribution < 1.29 is 18.7 Å². The van der Waals surface area contributed by atoms with Crippen molar-refractivity contribution in [2.45, 2.75) is 26.3 Å². The second-order valence-corrected chi connectivity index (χ2v) is 7.01. The van der Waals surface area contributed by atoms with Crippen molar-refractivity contribution in [3.05, 3.63) is 83.3 Å². The van der Waals surface area contributed by atoms with Crippen LogP contribution in [0.15, 0.2) is 64.6 Å². The number of carbonyl (C=O) groups is 2. The van der Waals surface area contributed by atoms with E-state index in [1.807, 2.05) is 31.2 Å². The Kier molecular flexibility index (Phi) is 5.38. The Morgan fingerprint density at radius 1 is 1.13 bits per heavy atom. The number of aromatic nitrogens is 2. The summed E-state index contributed by atoms with van der Waals surface area (Å²) in [5, 5.41) is 5.83. The van der Waals surface area contributed by atoms with Gasteiger partial charge < -0.3 is 9.15 Å². The summed E-state index contributed by atoms with van der Waals surface area (Å²) in [5.74, 6) is -0.552. The van der Waals surface area contributed by atoms with Crippen LogP contribution in [0.2, 0.25) is 0 Å². The average Bonchev–Trinajstić information content (AvgIpc) is 3.43. The summed E-state index contributed by atoms with van der Waals surface area (Å²) in [5.41, 5.74) is 3.55. The van der Waals surface area contributed by atoms with Gasteiger partial charge in [-0.1, -0.05) is 29.8 Å². The van der Waals surface area contributed by atoms with E-state index in [9.17, 15) is 9.59 Å². The maximum Gasteiger partial charge on any atom is 0.359 e. The lowest BCUT2D eigenvalue weighted by molar-refractivity contribution is -0.136. The van der Waals surface area contributed by atoms with Crippen molar-refractivity contribution >= 4 is 17.6 Å². The number of hydrogen-bond acceptors (Lipinski definition) is 7. The molecule has 1 atom stereocenters. The highest BCUT2D eigenvalue weighted by molar-refractivity contribution is 6.03. The van der Waals surface area contributed by atoms with Gasteiger partial charge in [0.2, 0.25) is 0 Å². The lowest BCUT2D eigenvalue weighted by atomic mass is 10.0. The van der Waals surface area contributed by atoms with Crippen LogP contribution in [0.3, 0.4) is 0 Å². The molecule has 0 N–H and O–H groups in total. The van der Waals surface area contributed by atoms with Gasteiger partial charge in [-0.25, -0.2) is 14.8 Å². The largest absolute Gasteiger partial charge is 0.467 e. The molecule has 0 unspecified atom stereocenters. The zero-order valence-corrected chi connectivity index (χ0v) is 16.6. The first-order valence-corrected chi connectivity index (χ1v) is 9.47. The topological polar surface area (TPSA) is 97.9 Å². The summed E-state index contributed by atoms with van der Waals surface area (Å²) >= 11 is 0. The van der Waals surface area contributed by atoms with E-state index in [0.717, 1.165) is 16.8 Å². The van der Waals surface area contributed by atoms with Gasteiger partial charge in [-0.05, 0) is 31.5 Å². The van der Waals surface area contributed by atoms with Crippen molar-refractivity contribution in [1.82, 2.24) is 15.0 Å². The molecule has 1 amide bonds. The maximum atomic E-state index is 12.8. The molecule has 8 heteroatoms. The number of hydrazone groups is 1. The molecule has 2 aromatic heterocycles. The molecular weight excluding hydrogens is 384 g/mol.